The number of rotatable bonds is 34. The van der Waals surface area contributed by atoms with Crippen LogP contribution < -0.4 is 0 Å². The number of ether oxygens (including phenoxy) is 2. The molecule has 280 valence electrons. The van der Waals surface area contributed by atoms with Gasteiger partial charge >= 0.3 is 19.8 Å². The number of hydrogen-bond acceptors (Lipinski definition) is 9. The van der Waals surface area contributed by atoms with Crippen LogP contribution in [0, 0.1) is 0 Å². The van der Waals surface area contributed by atoms with Gasteiger partial charge in [0.05, 0.1) is 19.8 Å². The van der Waals surface area contributed by atoms with Gasteiger partial charge in [-0.05, 0) is 44.9 Å². The summed E-state index contributed by atoms with van der Waals surface area (Å²) in [6, 6.07) is 0. The summed E-state index contributed by atoms with van der Waals surface area (Å²) < 4.78 is 32.5. The largest absolute Gasteiger partial charge is 0.472 e. The average Bonchev–Trinajstić information content (AvgIpc) is 3.07. The van der Waals surface area contributed by atoms with Gasteiger partial charge in [-0.2, -0.15) is 0 Å². The molecule has 0 saturated heterocycles. The number of unbranched alkanes of at least 4 members (excludes halogenated alkanes) is 14. The minimum atomic E-state index is -4.61. The molecular formula is C37H67O10P. The van der Waals surface area contributed by atoms with Crippen molar-refractivity contribution in [2.24, 2.45) is 0 Å². The first-order chi connectivity index (χ1) is 23.2. The van der Waals surface area contributed by atoms with Crippen LogP contribution in [-0.4, -0.2) is 65.7 Å². The molecule has 0 rings (SSSR count). The van der Waals surface area contributed by atoms with E-state index in [1.807, 2.05) is 0 Å². The second-order valence-corrected chi connectivity index (χ2v) is 13.7. The highest BCUT2D eigenvalue weighted by Crippen LogP contribution is 2.43. The molecule has 0 aromatic carbocycles. The predicted molar refractivity (Wildman–Crippen MR) is 191 cm³/mol. The van der Waals surface area contributed by atoms with Gasteiger partial charge in [-0.25, -0.2) is 4.57 Å². The van der Waals surface area contributed by atoms with Gasteiger partial charge in [0.25, 0.3) is 0 Å². The van der Waals surface area contributed by atoms with Gasteiger partial charge in [0.1, 0.15) is 12.7 Å². The topological polar surface area (TPSA) is 149 Å². The van der Waals surface area contributed by atoms with Gasteiger partial charge in [-0.15, -0.1) is 0 Å². The van der Waals surface area contributed by atoms with Crippen molar-refractivity contribution in [2.75, 3.05) is 26.4 Å². The third-order valence-corrected chi connectivity index (χ3v) is 8.51. The maximum atomic E-state index is 12.5. The highest BCUT2D eigenvalue weighted by molar-refractivity contribution is 7.47. The lowest BCUT2D eigenvalue weighted by atomic mass is 10.1. The number of esters is 2. The Morgan fingerprint density at radius 1 is 0.646 bits per heavy atom. The molecule has 0 aromatic rings. The van der Waals surface area contributed by atoms with E-state index in [-0.39, 0.29) is 19.4 Å². The summed E-state index contributed by atoms with van der Waals surface area (Å²) in [7, 11) is -4.61. The van der Waals surface area contributed by atoms with E-state index in [0.717, 1.165) is 70.6 Å². The summed E-state index contributed by atoms with van der Waals surface area (Å²) in [4.78, 5) is 34.7. The normalized spacial score (nSPS) is 14.5. The molecule has 3 N–H and O–H groups in total. The van der Waals surface area contributed by atoms with Crippen LogP contribution in [0.2, 0.25) is 0 Å². The molecule has 0 aliphatic carbocycles. The van der Waals surface area contributed by atoms with E-state index >= 15 is 0 Å². The Hall–Kier alpha value is -1.81. The lowest BCUT2D eigenvalue weighted by molar-refractivity contribution is -0.161. The van der Waals surface area contributed by atoms with Crippen molar-refractivity contribution in [1.82, 2.24) is 0 Å². The van der Waals surface area contributed by atoms with E-state index in [1.54, 1.807) is 0 Å². The number of carbonyl (C=O) groups is 2. The molecule has 0 fully saturated rings. The van der Waals surface area contributed by atoms with Crippen LogP contribution in [0.25, 0.3) is 0 Å². The predicted octanol–water partition coefficient (Wildman–Crippen LogP) is 8.83. The molecular weight excluding hydrogens is 635 g/mol. The zero-order valence-corrected chi connectivity index (χ0v) is 30.8. The molecule has 0 aliphatic rings. The average molecular weight is 703 g/mol. The summed E-state index contributed by atoms with van der Waals surface area (Å²) in [5.74, 6) is -0.948. The third-order valence-electron chi connectivity index (χ3n) is 7.56. The fourth-order valence-electron chi connectivity index (χ4n) is 4.71. The first kappa shape index (κ1) is 46.2. The van der Waals surface area contributed by atoms with Crippen molar-refractivity contribution >= 4 is 19.8 Å². The van der Waals surface area contributed by atoms with E-state index in [9.17, 15) is 24.2 Å². The van der Waals surface area contributed by atoms with Gasteiger partial charge in [-0.1, -0.05) is 127 Å². The minimum absolute atomic E-state index is 0.165. The van der Waals surface area contributed by atoms with Crippen LogP contribution in [-0.2, 0) is 32.7 Å². The van der Waals surface area contributed by atoms with Crippen LogP contribution >= 0.6 is 7.82 Å². The van der Waals surface area contributed by atoms with E-state index in [1.165, 1.54) is 38.5 Å². The minimum Gasteiger partial charge on any atom is -0.462 e. The van der Waals surface area contributed by atoms with Crippen molar-refractivity contribution in [3.05, 3.63) is 36.5 Å². The van der Waals surface area contributed by atoms with Gasteiger partial charge in [0.2, 0.25) is 0 Å². The Labute approximate surface area is 291 Å². The van der Waals surface area contributed by atoms with Gasteiger partial charge < -0.3 is 24.6 Å². The number of hydrogen-bond donors (Lipinski definition) is 3. The molecule has 0 radical (unpaired) electrons. The summed E-state index contributed by atoms with van der Waals surface area (Å²) in [6.07, 6.45) is 31.2. The molecule has 0 saturated carbocycles. The van der Waals surface area contributed by atoms with Gasteiger partial charge in [0, 0.05) is 12.8 Å². The maximum Gasteiger partial charge on any atom is 0.472 e. The Bertz CT molecular complexity index is 905. The Kier molecular flexibility index (Phi) is 32.4. The zero-order valence-electron chi connectivity index (χ0n) is 29.9. The third kappa shape index (κ3) is 32.7. The van der Waals surface area contributed by atoms with Crippen molar-refractivity contribution in [2.45, 2.75) is 161 Å². The number of phosphoric ester groups is 1. The van der Waals surface area contributed by atoms with Crippen LogP contribution in [0.3, 0.4) is 0 Å². The quantitative estimate of drug-likeness (QED) is 0.0257. The molecule has 0 spiro atoms. The monoisotopic (exact) mass is 702 g/mol. The highest BCUT2D eigenvalue weighted by Gasteiger charge is 2.27. The van der Waals surface area contributed by atoms with Crippen molar-refractivity contribution in [1.29, 1.82) is 0 Å². The highest BCUT2D eigenvalue weighted by atomic mass is 31.2. The van der Waals surface area contributed by atoms with Gasteiger partial charge in [-0.3, -0.25) is 18.6 Å². The van der Waals surface area contributed by atoms with Crippen molar-refractivity contribution in [3.63, 3.8) is 0 Å². The number of aliphatic hydroxyl groups is 2. The number of phosphoric acid groups is 1. The van der Waals surface area contributed by atoms with E-state index < -0.39 is 51.8 Å². The Morgan fingerprint density at radius 2 is 1.15 bits per heavy atom. The number of allylic oxidation sites excluding steroid dienone is 6. The van der Waals surface area contributed by atoms with E-state index in [2.05, 4.69) is 54.8 Å². The molecule has 11 heteroatoms. The Morgan fingerprint density at radius 3 is 1.73 bits per heavy atom. The van der Waals surface area contributed by atoms with E-state index in [0.29, 0.717) is 12.8 Å². The summed E-state index contributed by atoms with van der Waals surface area (Å²) in [5, 5.41) is 18.2. The Balaban J connectivity index is 4.41. The first-order valence-corrected chi connectivity index (χ1v) is 19.9. The van der Waals surface area contributed by atoms with E-state index in [4.69, 9.17) is 19.1 Å². The smallest absolute Gasteiger partial charge is 0.462 e. The number of carbonyl (C=O) groups excluding carboxylic acids is 2. The summed E-state index contributed by atoms with van der Waals surface area (Å²) >= 11 is 0. The molecule has 0 aliphatic heterocycles. The lowest BCUT2D eigenvalue weighted by Gasteiger charge is -2.20. The standard InChI is InChI=1S/C37H67O10P/c1-3-5-7-9-11-13-15-16-17-18-19-21-23-25-27-29-37(41)47-35(33-46-48(42,43)45-31-34(39)30-38)32-44-36(40)28-26-24-22-20-14-12-10-8-6-4-2/h5,7,11,13,16-17,34-35,38-39H,3-4,6,8-10,12,14-15,18-33H2,1-2H3,(H,42,43)/b7-5-,13-11-,17-16-/t34-,35+/m0/s1. The molecule has 10 nitrogen and oxygen atoms in total. The lowest BCUT2D eigenvalue weighted by Crippen LogP contribution is -2.29. The molecule has 0 amide bonds. The molecule has 0 heterocycles. The second-order valence-electron chi connectivity index (χ2n) is 12.2. The maximum absolute atomic E-state index is 12.5. The van der Waals surface area contributed by atoms with Crippen LogP contribution in [0.4, 0.5) is 0 Å². The fraction of sp³-hybridized carbons (Fsp3) is 0.784. The molecule has 0 aromatic heterocycles. The molecule has 0 bridgehead atoms. The summed E-state index contributed by atoms with van der Waals surface area (Å²) in [6.45, 7) is 2.21. The molecule has 3 atom stereocenters. The number of aliphatic hydroxyl groups excluding tert-OH is 2. The molecule has 48 heavy (non-hydrogen) atoms. The first-order valence-electron chi connectivity index (χ1n) is 18.4. The van der Waals surface area contributed by atoms with Crippen molar-refractivity contribution < 1.29 is 47.8 Å². The summed E-state index contributed by atoms with van der Waals surface area (Å²) in [5.41, 5.74) is 0. The second kappa shape index (κ2) is 33.7. The van der Waals surface area contributed by atoms with Gasteiger partial charge in [0.15, 0.2) is 6.10 Å². The van der Waals surface area contributed by atoms with Crippen LogP contribution in [0.5, 0.6) is 0 Å². The fourth-order valence-corrected chi connectivity index (χ4v) is 5.50. The van der Waals surface area contributed by atoms with Crippen molar-refractivity contribution in [3.8, 4) is 0 Å². The molecule has 1 unspecified atom stereocenters. The SMILES string of the molecule is CC/C=C\C/C=C\C/C=C\CCCCCCCC(=O)O[C@H](COC(=O)CCCCCCCCCCCC)COP(=O)(O)OC[C@@H](O)CO. The zero-order chi connectivity index (χ0) is 35.6. The van der Waals surface area contributed by atoms with Crippen LogP contribution in [0.1, 0.15) is 149 Å². The van der Waals surface area contributed by atoms with Crippen LogP contribution in [0.15, 0.2) is 36.5 Å².